The van der Waals surface area contributed by atoms with Crippen molar-refractivity contribution in [3.05, 3.63) is 48.4 Å². The van der Waals surface area contributed by atoms with Crippen LogP contribution < -0.4 is 16.0 Å². The van der Waals surface area contributed by atoms with Crippen LogP contribution in [0, 0.1) is 0 Å². The molecule has 0 bridgehead atoms. The first-order valence-electron chi connectivity index (χ1n) is 8.28. The average molecular weight is 343 g/mol. The number of anilines is 2. The van der Waals surface area contributed by atoms with E-state index in [0.717, 1.165) is 19.4 Å². The molecule has 1 aromatic carbocycles. The highest BCUT2D eigenvalue weighted by Crippen LogP contribution is 2.16. The van der Waals surface area contributed by atoms with E-state index in [9.17, 15) is 9.59 Å². The Labute approximate surface area is 145 Å². The molecular formula is C18H21N3O4. The molecule has 0 spiro atoms. The number of rotatable bonds is 7. The van der Waals surface area contributed by atoms with Gasteiger partial charge >= 0.3 is 0 Å². The van der Waals surface area contributed by atoms with Crippen molar-refractivity contribution in [2.75, 3.05) is 30.3 Å². The molecule has 7 nitrogen and oxygen atoms in total. The lowest BCUT2D eigenvalue weighted by Crippen LogP contribution is -2.33. The van der Waals surface area contributed by atoms with Crippen LogP contribution >= 0.6 is 0 Å². The summed E-state index contributed by atoms with van der Waals surface area (Å²) in [5, 5.41) is 8.61. The van der Waals surface area contributed by atoms with E-state index >= 15 is 0 Å². The van der Waals surface area contributed by atoms with Crippen LogP contribution in [0.25, 0.3) is 0 Å². The van der Waals surface area contributed by atoms with Crippen molar-refractivity contribution in [3.8, 4) is 0 Å². The molecule has 25 heavy (non-hydrogen) atoms. The monoisotopic (exact) mass is 343 g/mol. The van der Waals surface area contributed by atoms with Crippen molar-refractivity contribution in [1.29, 1.82) is 0 Å². The van der Waals surface area contributed by atoms with Crippen molar-refractivity contribution < 1.29 is 18.7 Å². The molecular weight excluding hydrogens is 322 g/mol. The Balaban J connectivity index is 1.47. The molecule has 132 valence electrons. The van der Waals surface area contributed by atoms with Gasteiger partial charge in [-0.05, 0) is 43.2 Å². The summed E-state index contributed by atoms with van der Waals surface area (Å²) in [4.78, 5) is 24.0. The largest absolute Gasteiger partial charge is 0.459 e. The molecule has 1 fully saturated rings. The van der Waals surface area contributed by atoms with Crippen LogP contribution in [0.3, 0.4) is 0 Å². The fourth-order valence-corrected chi connectivity index (χ4v) is 2.63. The van der Waals surface area contributed by atoms with Gasteiger partial charge in [-0.25, -0.2) is 0 Å². The third kappa shape index (κ3) is 5.17. The maximum Gasteiger partial charge on any atom is 0.291 e. The Morgan fingerprint density at radius 2 is 1.96 bits per heavy atom. The lowest BCUT2D eigenvalue weighted by Gasteiger charge is -2.11. The van der Waals surface area contributed by atoms with Gasteiger partial charge in [-0.3, -0.25) is 9.59 Å². The lowest BCUT2D eigenvalue weighted by atomic mass is 10.2. The molecule has 2 aromatic rings. The second-order valence-electron chi connectivity index (χ2n) is 5.83. The summed E-state index contributed by atoms with van der Waals surface area (Å²) in [5.74, 6) is -0.257. The zero-order valence-electron chi connectivity index (χ0n) is 13.8. The highest BCUT2D eigenvalue weighted by atomic mass is 16.5. The van der Waals surface area contributed by atoms with Crippen LogP contribution in [0.1, 0.15) is 23.4 Å². The summed E-state index contributed by atoms with van der Waals surface area (Å²) < 4.78 is 10.5. The Morgan fingerprint density at radius 1 is 1.12 bits per heavy atom. The standard InChI is InChI=1S/C18H21N3O4/c22-17(12-19-11-15-6-2-8-24-15)20-13-4-1-5-14(10-13)21-18(23)16-7-3-9-25-16/h1,3-5,7,9-10,15,19H,2,6,8,11-12H2,(H,20,22)(H,21,23). The van der Waals surface area contributed by atoms with Gasteiger partial charge in [-0.2, -0.15) is 0 Å². The molecule has 0 saturated carbocycles. The normalized spacial score (nSPS) is 16.6. The second-order valence-corrected chi connectivity index (χ2v) is 5.83. The summed E-state index contributed by atoms with van der Waals surface area (Å²) in [5.41, 5.74) is 1.19. The SMILES string of the molecule is O=C(CNCC1CCCO1)Nc1cccc(NC(=O)c2ccco2)c1. The van der Waals surface area contributed by atoms with Crippen molar-refractivity contribution in [1.82, 2.24) is 5.32 Å². The number of hydrogen-bond donors (Lipinski definition) is 3. The first-order valence-corrected chi connectivity index (χ1v) is 8.28. The molecule has 1 aromatic heterocycles. The molecule has 0 radical (unpaired) electrons. The van der Waals surface area contributed by atoms with Crippen LogP contribution in [0.2, 0.25) is 0 Å². The van der Waals surface area contributed by atoms with Crippen LogP contribution in [-0.2, 0) is 9.53 Å². The second kappa shape index (κ2) is 8.46. The zero-order chi connectivity index (χ0) is 17.5. The highest BCUT2D eigenvalue weighted by Gasteiger charge is 2.15. The van der Waals surface area contributed by atoms with Crippen molar-refractivity contribution in [2.45, 2.75) is 18.9 Å². The van der Waals surface area contributed by atoms with Crippen molar-refractivity contribution in [2.24, 2.45) is 0 Å². The summed E-state index contributed by atoms with van der Waals surface area (Å²) in [6, 6.07) is 10.2. The Kier molecular flexibility index (Phi) is 5.81. The van der Waals surface area contributed by atoms with Gasteiger partial charge in [0.1, 0.15) is 0 Å². The van der Waals surface area contributed by atoms with Gasteiger partial charge in [0.25, 0.3) is 5.91 Å². The van der Waals surface area contributed by atoms with Gasteiger partial charge in [0.05, 0.1) is 18.9 Å². The number of amides is 2. The summed E-state index contributed by atoms with van der Waals surface area (Å²) in [6.07, 6.45) is 3.75. The van der Waals surface area contributed by atoms with Gasteiger partial charge in [-0.1, -0.05) is 6.07 Å². The minimum Gasteiger partial charge on any atom is -0.459 e. The maximum absolute atomic E-state index is 12.0. The van der Waals surface area contributed by atoms with Crippen molar-refractivity contribution >= 4 is 23.2 Å². The number of furan rings is 1. The smallest absolute Gasteiger partial charge is 0.291 e. The molecule has 3 N–H and O–H groups in total. The predicted octanol–water partition coefficient (Wildman–Crippen LogP) is 2.24. The number of carbonyl (C=O) groups excluding carboxylic acids is 2. The fraction of sp³-hybridized carbons (Fsp3) is 0.333. The highest BCUT2D eigenvalue weighted by molar-refractivity contribution is 6.02. The van der Waals surface area contributed by atoms with Crippen molar-refractivity contribution in [3.63, 3.8) is 0 Å². The van der Waals surface area contributed by atoms with Crippen LogP contribution in [-0.4, -0.2) is 37.6 Å². The Morgan fingerprint density at radius 3 is 2.68 bits per heavy atom. The van der Waals surface area contributed by atoms with E-state index in [1.807, 2.05) is 0 Å². The van der Waals surface area contributed by atoms with Gasteiger partial charge in [-0.15, -0.1) is 0 Å². The quantitative estimate of drug-likeness (QED) is 0.717. The van der Waals surface area contributed by atoms with E-state index in [1.54, 1.807) is 36.4 Å². The van der Waals surface area contributed by atoms with E-state index in [0.29, 0.717) is 17.9 Å². The molecule has 2 heterocycles. The molecule has 1 saturated heterocycles. The number of ether oxygens (including phenoxy) is 1. The topological polar surface area (TPSA) is 92.6 Å². The zero-order valence-corrected chi connectivity index (χ0v) is 13.8. The van der Waals surface area contributed by atoms with E-state index in [-0.39, 0.29) is 30.2 Å². The molecule has 0 aliphatic carbocycles. The predicted molar refractivity (Wildman–Crippen MR) is 93.6 cm³/mol. The van der Waals surface area contributed by atoms with E-state index in [4.69, 9.17) is 9.15 Å². The Hall–Kier alpha value is -2.64. The maximum atomic E-state index is 12.0. The first kappa shape index (κ1) is 17.2. The van der Waals surface area contributed by atoms with Crippen LogP contribution in [0.4, 0.5) is 11.4 Å². The third-order valence-corrected chi connectivity index (χ3v) is 3.83. The number of benzene rings is 1. The Bertz CT molecular complexity index is 709. The summed E-state index contributed by atoms with van der Waals surface area (Å²) >= 11 is 0. The van der Waals surface area contributed by atoms with Crippen LogP contribution in [0.15, 0.2) is 47.1 Å². The summed E-state index contributed by atoms with van der Waals surface area (Å²) in [7, 11) is 0. The summed E-state index contributed by atoms with van der Waals surface area (Å²) in [6.45, 7) is 1.69. The van der Waals surface area contributed by atoms with Gasteiger partial charge in [0.2, 0.25) is 5.91 Å². The van der Waals surface area contributed by atoms with Gasteiger partial charge in [0, 0.05) is 24.5 Å². The van der Waals surface area contributed by atoms with Gasteiger partial charge < -0.3 is 25.1 Å². The van der Waals surface area contributed by atoms with E-state index < -0.39 is 0 Å². The van der Waals surface area contributed by atoms with E-state index in [1.165, 1.54) is 6.26 Å². The van der Waals surface area contributed by atoms with Gasteiger partial charge in [0.15, 0.2) is 5.76 Å². The molecule has 1 unspecified atom stereocenters. The number of nitrogens with one attached hydrogen (secondary N) is 3. The molecule has 1 aliphatic rings. The first-order chi connectivity index (χ1) is 12.2. The average Bonchev–Trinajstić information content (AvgIpc) is 3.29. The molecule has 3 rings (SSSR count). The third-order valence-electron chi connectivity index (χ3n) is 3.83. The molecule has 1 atom stereocenters. The van der Waals surface area contributed by atoms with Crippen LogP contribution in [0.5, 0.6) is 0 Å². The molecule has 1 aliphatic heterocycles. The molecule has 2 amide bonds. The minimum absolute atomic E-state index is 0.146. The number of hydrogen-bond acceptors (Lipinski definition) is 5. The fourth-order valence-electron chi connectivity index (χ4n) is 2.63. The lowest BCUT2D eigenvalue weighted by molar-refractivity contribution is -0.115. The van der Waals surface area contributed by atoms with E-state index in [2.05, 4.69) is 16.0 Å². The minimum atomic E-state index is -0.341. The number of carbonyl (C=O) groups is 2. The molecule has 7 heteroatoms.